The second-order valence-corrected chi connectivity index (χ2v) is 4.10. The highest BCUT2D eigenvalue weighted by Crippen LogP contribution is 2.19. The molecule has 6 heteroatoms. The minimum absolute atomic E-state index is 0.155. The van der Waals surface area contributed by atoms with Crippen molar-refractivity contribution in [3.63, 3.8) is 0 Å². The summed E-state index contributed by atoms with van der Waals surface area (Å²) < 4.78 is 0. The maximum Gasteiger partial charge on any atom is 0.270 e. The van der Waals surface area contributed by atoms with E-state index in [0.29, 0.717) is 23.2 Å². The van der Waals surface area contributed by atoms with E-state index in [-0.39, 0.29) is 5.91 Å². The summed E-state index contributed by atoms with van der Waals surface area (Å²) in [6.45, 7) is 2.47. The highest BCUT2D eigenvalue weighted by molar-refractivity contribution is 7.14. The largest absolute Gasteiger partial charge is 0.351 e. The predicted molar refractivity (Wildman–Crippen MR) is 67.6 cm³/mol. The molecule has 0 radical (unpaired) electrons. The molecule has 0 aliphatic heterocycles. The predicted octanol–water partition coefficient (Wildman–Crippen LogP) is 2.03. The normalized spacial score (nSPS) is 9.94. The first-order valence-electron chi connectivity index (χ1n) is 5.21. The SMILES string of the molecule is CCNC(=O)c1csc(Nc2ccccn2)n1. The van der Waals surface area contributed by atoms with Gasteiger partial charge >= 0.3 is 0 Å². The van der Waals surface area contributed by atoms with Crippen LogP contribution in [-0.4, -0.2) is 22.4 Å². The van der Waals surface area contributed by atoms with Crippen molar-refractivity contribution in [2.75, 3.05) is 11.9 Å². The Labute approximate surface area is 103 Å². The van der Waals surface area contributed by atoms with E-state index in [4.69, 9.17) is 0 Å². The smallest absolute Gasteiger partial charge is 0.270 e. The summed E-state index contributed by atoms with van der Waals surface area (Å²) in [5, 5.41) is 8.11. The van der Waals surface area contributed by atoms with Gasteiger partial charge in [0.25, 0.3) is 5.91 Å². The summed E-state index contributed by atoms with van der Waals surface area (Å²) in [6, 6.07) is 5.56. The van der Waals surface area contributed by atoms with Crippen molar-refractivity contribution in [2.45, 2.75) is 6.92 Å². The zero-order valence-electron chi connectivity index (χ0n) is 9.30. The molecule has 2 heterocycles. The highest BCUT2D eigenvalue weighted by atomic mass is 32.1. The zero-order chi connectivity index (χ0) is 12.1. The Bertz CT molecular complexity index is 497. The number of hydrogen-bond donors (Lipinski definition) is 2. The molecule has 0 aliphatic carbocycles. The van der Waals surface area contributed by atoms with Gasteiger partial charge in [-0.2, -0.15) is 0 Å². The van der Waals surface area contributed by atoms with Crippen LogP contribution in [0.2, 0.25) is 0 Å². The van der Waals surface area contributed by atoms with Crippen LogP contribution < -0.4 is 10.6 Å². The number of hydrogen-bond acceptors (Lipinski definition) is 5. The average molecular weight is 248 g/mol. The van der Waals surface area contributed by atoms with Crippen LogP contribution in [0, 0.1) is 0 Å². The molecular formula is C11H12N4OS. The van der Waals surface area contributed by atoms with Crippen molar-refractivity contribution in [2.24, 2.45) is 0 Å². The number of carbonyl (C=O) groups excluding carboxylic acids is 1. The molecule has 2 aromatic rings. The van der Waals surface area contributed by atoms with Crippen LogP contribution in [0.15, 0.2) is 29.8 Å². The summed E-state index contributed by atoms with van der Waals surface area (Å²) in [5.41, 5.74) is 0.426. The monoisotopic (exact) mass is 248 g/mol. The summed E-state index contributed by atoms with van der Waals surface area (Å²) in [7, 11) is 0. The second-order valence-electron chi connectivity index (χ2n) is 3.24. The first kappa shape index (κ1) is 11.5. The molecule has 0 fully saturated rings. The molecule has 0 saturated carbocycles. The van der Waals surface area contributed by atoms with E-state index in [9.17, 15) is 4.79 Å². The number of thiazole rings is 1. The molecule has 0 aromatic carbocycles. The van der Waals surface area contributed by atoms with Crippen molar-refractivity contribution >= 4 is 28.2 Å². The van der Waals surface area contributed by atoms with Gasteiger partial charge in [-0.1, -0.05) is 6.07 Å². The second kappa shape index (κ2) is 5.40. The van der Waals surface area contributed by atoms with Gasteiger partial charge in [-0.05, 0) is 19.1 Å². The minimum Gasteiger partial charge on any atom is -0.351 e. The van der Waals surface area contributed by atoms with Crippen LogP contribution in [0.25, 0.3) is 0 Å². The number of amides is 1. The van der Waals surface area contributed by atoms with Crippen molar-refractivity contribution in [3.8, 4) is 0 Å². The molecule has 2 rings (SSSR count). The summed E-state index contributed by atoms with van der Waals surface area (Å²) in [6.07, 6.45) is 1.70. The zero-order valence-corrected chi connectivity index (χ0v) is 10.1. The molecule has 17 heavy (non-hydrogen) atoms. The summed E-state index contributed by atoms with van der Waals surface area (Å²) in [4.78, 5) is 19.8. The molecule has 88 valence electrons. The molecule has 1 amide bonds. The number of aromatic nitrogens is 2. The fourth-order valence-corrected chi connectivity index (χ4v) is 1.93. The molecular weight excluding hydrogens is 236 g/mol. The van der Waals surface area contributed by atoms with Crippen LogP contribution in [0.3, 0.4) is 0 Å². The van der Waals surface area contributed by atoms with Gasteiger partial charge in [0.1, 0.15) is 11.5 Å². The van der Waals surface area contributed by atoms with Gasteiger partial charge in [-0.15, -0.1) is 11.3 Å². The Balaban J connectivity index is 2.06. The van der Waals surface area contributed by atoms with E-state index in [2.05, 4.69) is 20.6 Å². The first-order chi connectivity index (χ1) is 8.29. The van der Waals surface area contributed by atoms with E-state index in [1.54, 1.807) is 11.6 Å². The van der Waals surface area contributed by atoms with E-state index in [0.717, 1.165) is 0 Å². The van der Waals surface area contributed by atoms with Gasteiger partial charge in [0.2, 0.25) is 0 Å². The molecule has 5 nitrogen and oxygen atoms in total. The number of nitrogens with zero attached hydrogens (tertiary/aromatic N) is 2. The molecule has 0 bridgehead atoms. The topological polar surface area (TPSA) is 66.9 Å². The van der Waals surface area contributed by atoms with Gasteiger partial charge in [-0.25, -0.2) is 9.97 Å². The van der Waals surface area contributed by atoms with Crippen molar-refractivity contribution < 1.29 is 4.79 Å². The van der Waals surface area contributed by atoms with Gasteiger partial charge in [0.05, 0.1) is 0 Å². The third-order valence-electron chi connectivity index (χ3n) is 1.97. The summed E-state index contributed by atoms with van der Waals surface area (Å²) >= 11 is 1.38. The Hall–Kier alpha value is -1.95. The molecule has 2 aromatic heterocycles. The third kappa shape index (κ3) is 3.01. The molecule has 0 spiro atoms. The van der Waals surface area contributed by atoms with Gasteiger partial charge in [0, 0.05) is 18.1 Å². The molecule has 0 unspecified atom stereocenters. The maximum atomic E-state index is 11.5. The molecule has 0 saturated heterocycles. The minimum atomic E-state index is -0.155. The number of anilines is 2. The lowest BCUT2D eigenvalue weighted by Crippen LogP contribution is -2.22. The molecule has 2 N–H and O–H groups in total. The highest BCUT2D eigenvalue weighted by Gasteiger charge is 2.09. The van der Waals surface area contributed by atoms with Crippen molar-refractivity contribution in [1.82, 2.24) is 15.3 Å². The lowest BCUT2D eigenvalue weighted by atomic mass is 10.4. The lowest BCUT2D eigenvalue weighted by molar-refractivity contribution is 0.0951. The third-order valence-corrected chi connectivity index (χ3v) is 2.73. The number of pyridine rings is 1. The number of nitrogens with one attached hydrogen (secondary N) is 2. The van der Waals surface area contributed by atoms with Crippen LogP contribution in [0.1, 0.15) is 17.4 Å². The lowest BCUT2D eigenvalue weighted by Gasteiger charge is -1.99. The quantitative estimate of drug-likeness (QED) is 0.868. The number of rotatable bonds is 4. The fourth-order valence-electron chi connectivity index (χ4n) is 1.23. The average Bonchev–Trinajstić information content (AvgIpc) is 2.79. The Morgan fingerprint density at radius 3 is 3.06 bits per heavy atom. The molecule has 0 aliphatic rings. The fraction of sp³-hybridized carbons (Fsp3) is 0.182. The van der Waals surface area contributed by atoms with E-state index < -0.39 is 0 Å². The van der Waals surface area contributed by atoms with Crippen LogP contribution in [0.4, 0.5) is 10.9 Å². The standard InChI is InChI=1S/C11H12N4OS/c1-2-12-10(16)8-7-17-11(14-8)15-9-5-3-4-6-13-9/h3-7H,2H2,1H3,(H,12,16)(H,13,14,15). The Morgan fingerprint density at radius 2 is 2.35 bits per heavy atom. The molecule has 0 atom stereocenters. The van der Waals surface area contributed by atoms with Crippen molar-refractivity contribution in [3.05, 3.63) is 35.5 Å². The van der Waals surface area contributed by atoms with Crippen LogP contribution in [0.5, 0.6) is 0 Å². The Morgan fingerprint density at radius 1 is 1.47 bits per heavy atom. The van der Waals surface area contributed by atoms with Crippen molar-refractivity contribution in [1.29, 1.82) is 0 Å². The van der Waals surface area contributed by atoms with Gasteiger partial charge in [0.15, 0.2) is 5.13 Å². The van der Waals surface area contributed by atoms with Crippen LogP contribution in [-0.2, 0) is 0 Å². The van der Waals surface area contributed by atoms with Crippen LogP contribution >= 0.6 is 11.3 Å². The summed E-state index contributed by atoms with van der Waals surface area (Å²) in [5.74, 6) is 0.558. The van der Waals surface area contributed by atoms with Gasteiger partial charge < -0.3 is 10.6 Å². The Kier molecular flexibility index (Phi) is 3.66. The van der Waals surface area contributed by atoms with E-state index >= 15 is 0 Å². The van der Waals surface area contributed by atoms with Gasteiger partial charge in [-0.3, -0.25) is 4.79 Å². The van der Waals surface area contributed by atoms with E-state index in [1.807, 2.05) is 25.1 Å². The number of carbonyl (C=O) groups is 1. The van der Waals surface area contributed by atoms with E-state index in [1.165, 1.54) is 11.3 Å². The maximum absolute atomic E-state index is 11.5. The first-order valence-corrected chi connectivity index (χ1v) is 6.09.